The van der Waals surface area contributed by atoms with E-state index in [1.807, 2.05) is 18.3 Å². The lowest BCUT2D eigenvalue weighted by Crippen LogP contribution is -2.48. The summed E-state index contributed by atoms with van der Waals surface area (Å²) in [4.78, 5) is 5.79. The van der Waals surface area contributed by atoms with Crippen molar-refractivity contribution in [3.8, 4) is 0 Å². The minimum absolute atomic E-state index is 0.211. The van der Waals surface area contributed by atoms with Crippen LogP contribution in [0.25, 0.3) is 10.9 Å². The minimum Gasteiger partial charge on any atom is -0.361 e. The van der Waals surface area contributed by atoms with Crippen LogP contribution in [0.4, 0.5) is 0 Å². The maximum atomic E-state index is 12.9. The highest BCUT2D eigenvalue weighted by atomic mass is 32.2. The van der Waals surface area contributed by atoms with Gasteiger partial charge in [-0.1, -0.05) is 23.4 Å². The second kappa shape index (κ2) is 6.53. The van der Waals surface area contributed by atoms with Crippen LogP contribution < -0.4 is 0 Å². The van der Waals surface area contributed by atoms with E-state index in [1.165, 1.54) is 15.3 Å². The number of rotatable bonds is 4. The lowest BCUT2D eigenvalue weighted by atomic mass is 10.1. The molecule has 0 unspecified atom stereocenters. The number of fused-ring (bicyclic) bond motifs is 1. The quantitative estimate of drug-likeness (QED) is 0.758. The summed E-state index contributed by atoms with van der Waals surface area (Å²) in [7, 11) is -3.56. The summed E-state index contributed by atoms with van der Waals surface area (Å²) < 4.78 is 32.3. The first-order chi connectivity index (χ1) is 12.5. The van der Waals surface area contributed by atoms with Gasteiger partial charge in [0.05, 0.1) is 0 Å². The molecule has 1 fully saturated rings. The molecule has 2 aromatic heterocycles. The van der Waals surface area contributed by atoms with Gasteiger partial charge in [0.1, 0.15) is 10.6 Å². The lowest BCUT2D eigenvalue weighted by Gasteiger charge is -2.33. The van der Waals surface area contributed by atoms with E-state index in [1.54, 1.807) is 13.8 Å². The van der Waals surface area contributed by atoms with Crippen molar-refractivity contribution in [2.45, 2.75) is 25.3 Å². The van der Waals surface area contributed by atoms with Crippen molar-refractivity contribution < 1.29 is 12.9 Å². The second-order valence-corrected chi connectivity index (χ2v) is 8.57. The molecule has 7 nitrogen and oxygen atoms in total. The van der Waals surface area contributed by atoms with Crippen LogP contribution in [0.5, 0.6) is 0 Å². The number of sulfonamides is 1. The Morgan fingerprint density at radius 2 is 1.88 bits per heavy atom. The van der Waals surface area contributed by atoms with Gasteiger partial charge in [0.25, 0.3) is 0 Å². The standard InChI is InChI=1S/C18H22N4O3S/c1-13-18(14(2)25-20-13)26(23,24)22-9-7-21(8-10-22)12-15-11-19-17-6-4-3-5-16(15)17/h3-6,11,19H,7-10,12H2,1-2H3. The van der Waals surface area contributed by atoms with Crippen LogP contribution in [-0.2, 0) is 16.6 Å². The van der Waals surface area contributed by atoms with Gasteiger partial charge in [-0.3, -0.25) is 4.90 Å². The summed E-state index contributed by atoms with van der Waals surface area (Å²) in [5.74, 6) is 0.351. The Labute approximate surface area is 152 Å². The van der Waals surface area contributed by atoms with Crippen molar-refractivity contribution in [2.75, 3.05) is 26.2 Å². The van der Waals surface area contributed by atoms with Gasteiger partial charge < -0.3 is 9.51 Å². The molecule has 1 aliphatic rings. The van der Waals surface area contributed by atoms with E-state index in [-0.39, 0.29) is 4.90 Å². The van der Waals surface area contributed by atoms with Crippen LogP contribution in [0, 0.1) is 13.8 Å². The van der Waals surface area contributed by atoms with E-state index in [2.05, 4.69) is 27.2 Å². The van der Waals surface area contributed by atoms with Crippen LogP contribution in [0.1, 0.15) is 17.0 Å². The number of hydrogen-bond acceptors (Lipinski definition) is 5. The Morgan fingerprint density at radius 3 is 2.58 bits per heavy atom. The molecule has 3 aromatic rings. The van der Waals surface area contributed by atoms with Gasteiger partial charge in [0.15, 0.2) is 5.76 Å². The third-order valence-corrected chi connectivity index (χ3v) is 7.11. The summed E-state index contributed by atoms with van der Waals surface area (Å²) in [6, 6.07) is 8.22. The molecule has 1 aromatic carbocycles. The number of piperazine rings is 1. The molecule has 8 heteroatoms. The molecule has 1 saturated heterocycles. The molecule has 3 heterocycles. The molecule has 0 bridgehead atoms. The van der Waals surface area contributed by atoms with E-state index in [0.29, 0.717) is 37.6 Å². The van der Waals surface area contributed by atoms with Crippen LogP contribution in [-0.4, -0.2) is 53.9 Å². The number of aryl methyl sites for hydroxylation is 2. The predicted octanol–water partition coefficient (Wildman–Crippen LogP) is 2.28. The average Bonchev–Trinajstić information content (AvgIpc) is 3.19. The Bertz CT molecular complexity index is 1010. The molecular weight excluding hydrogens is 352 g/mol. The van der Waals surface area contributed by atoms with Crippen molar-refractivity contribution in [1.82, 2.24) is 19.3 Å². The SMILES string of the molecule is Cc1noc(C)c1S(=O)(=O)N1CCN(Cc2c[nH]c3ccccc23)CC1. The first kappa shape index (κ1) is 17.3. The highest BCUT2D eigenvalue weighted by Crippen LogP contribution is 2.25. The molecule has 0 amide bonds. The van der Waals surface area contributed by atoms with E-state index in [9.17, 15) is 8.42 Å². The van der Waals surface area contributed by atoms with Gasteiger partial charge in [-0.2, -0.15) is 4.31 Å². The topological polar surface area (TPSA) is 82.4 Å². The Balaban J connectivity index is 1.46. The van der Waals surface area contributed by atoms with E-state index < -0.39 is 10.0 Å². The van der Waals surface area contributed by atoms with Crippen LogP contribution in [0.2, 0.25) is 0 Å². The van der Waals surface area contributed by atoms with Crippen molar-refractivity contribution in [2.24, 2.45) is 0 Å². The zero-order valence-electron chi connectivity index (χ0n) is 14.9. The monoisotopic (exact) mass is 374 g/mol. The molecule has 0 saturated carbocycles. The summed E-state index contributed by atoms with van der Waals surface area (Å²) in [5.41, 5.74) is 2.79. The molecule has 0 aliphatic carbocycles. The molecule has 26 heavy (non-hydrogen) atoms. The van der Waals surface area contributed by atoms with Gasteiger partial charge in [-0.25, -0.2) is 8.42 Å². The van der Waals surface area contributed by atoms with Crippen molar-refractivity contribution in [3.63, 3.8) is 0 Å². The third kappa shape index (κ3) is 2.94. The van der Waals surface area contributed by atoms with Crippen molar-refractivity contribution >= 4 is 20.9 Å². The van der Waals surface area contributed by atoms with Gasteiger partial charge in [0.2, 0.25) is 10.0 Å². The van der Waals surface area contributed by atoms with Gasteiger partial charge in [-0.15, -0.1) is 0 Å². The van der Waals surface area contributed by atoms with Gasteiger partial charge >= 0.3 is 0 Å². The number of hydrogen-bond donors (Lipinski definition) is 1. The maximum absolute atomic E-state index is 12.9. The largest absolute Gasteiger partial charge is 0.361 e. The lowest BCUT2D eigenvalue weighted by molar-refractivity contribution is 0.182. The summed E-state index contributed by atoms with van der Waals surface area (Å²) in [6.07, 6.45) is 2.04. The minimum atomic E-state index is -3.56. The highest BCUT2D eigenvalue weighted by molar-refractivity contribution is 7.89. The number of nitrogens with one attached hydrogen (secondary N) is 1. The zero-order chi connectivity index (χ0) is 18.3. The average molecular weight is 374 g/mol. The fourth-order valence-electron chi connectivity index (χ4n) is 3.60. The fourth-order valence-corrected chi connectivity index (χ4v) is 5.32. The first-order valence-electron chi connectivity index (χ1n) is 8.67. The smallest absolute Gasteiger partial charge is 0.248 e. The van der Waals surface area contributed by atoms with Gasteiger partial charge in [0, 0.05) is 49.8 Å². The summed E-state index contributed by atoms with van der Waals surface area (Å²) in [5, 5.41) is 5.00. The molecule has 4 rings (SSSR count). The van der Waals surface area contributed by atoms with Crippen LogP contribution >= 0.6 is 0 Å². The van der Waals surface area contributed by atoms with E-state index in [4.69, 9.17) is 4.52 Å². The van der Waals surface area contributed by atoms with E-state index in [0.717, 1.165) is 12.1 Å². The van der Waals surface area contributed by atoms with E-state index >= 15 is 0 Å². The predicted molar refractivity (Wildman–Crippen MR) is 98.3 cm³/mol. The second-order valence-electron chi connectivity index (χ2n) is 6.69. The number of benzene rings is 1. The highest BCUT2D eigenvalue weighted by Gasteiger charge is 2.33. The fraction of sp³-hybridized carbons (Fsp3) is 0.389. The van der Waals surface area contributed by atoms with Crippen LogP contribution in [0.15, 0.2) is 39.9 Å². The van der Waals surface area contributed by atoms with Crippen LogP contribution in [0.3, 0.4) is 0 Å². The van der Waals surface area contributed by atoms with Gasteiger partial charge in [-0.05, 0) is 25.5 Å². The Morgan fingerprint density at radius 1 is 1.15 bits per heavy atom. The Hall–Kier alpha value is -2.16. The maximum Gasteiger partial charge on any atom is 0.248 e. The molecular formula is C18H22N4O3S. The number of para-hydroxylation sites is 1. The molecule has 0 radical (unpaired) electrons. The molecule has 0 atom stereocenters. The van der Waals surface area contributed by atoms with Crippen molar-refractivity contribution in [3.05, 3.63) is 47.5 Å². The zero-order valence-corrected chi connectivity index (χ0v) is 15.7. The molecule has 0 spiro atoms. The Kier molecular flexibility index (Phi) is 4.34. The molecule has 1 aliphatic heterocycles. The molecule has 138 valence electrons. The number of H-pyrrole nitrogens is 1. The van der Waals surface area contributed by atoms with Crippen molar-refractivity contribution in [1.29, 1.82) is 0 Å². The number of nitrogens with zero attached hydrogens (tertiary/aromatic N) is 3. The summed E-state index contributed by atoms with van der Waals surface area (Å²) >= 11 is 0. The number of aromatic amines is 1. The first-order valence-corrected chi connectivity index (χ1v) is 10.1. The molecule has 1 N–H and O–H groups in total. The normalized spacial score (nSPS) is 17.2. The third-order valence-electron chi connectivity index (χ3n) is 4.97. The summed E-state index contributed by atoms with van der Waals surface area (Å²) in [6.45, 7) is 6.44. The number of aromatic nitrogens is 2.